The first-order chi connectivity index (χ1) is 17.1. The molecule has 2 amide bonds. The molecule has 8 heteroatoms. The fraction of sp³-hybridized carbons (Fsp3) is 0.407. The number of carbonyl (C=O) groups excluding carboxylic acids is 1. The van der Waals surface area contributed by atoms with Gasteiger partial charge in [0.1, 0.15) is 10.8 Å². The number of benzene rings is 2. The Bertz CT molecular complexity index is 1240. The number of rotatable bonds is 7. The van der Waals surface area contributed by atoms with Gasteiger partial charge in [-0.05, 0) is 85.6 Å². The third-order valence-corrected chi connectivity index (χ3v) is 8.04. The topological polar surface area (TPSA) is 85.8 Å². The fourth-order valence-corrected chi connectivity index (χ4v) is 6.01. The highest BCUT2D eigenvalue weighted by molar-refractivity contribution is 7.23. The van der Waals surface area contributed by atoms with Crippen molar-refractivity contribution in [2.75, 3.05) is 55.7 Å². The van der Waals surface area contributed by atoms with Gasteiger partial charge < -0.3 is 15.4 Å². The molecule has 5 rings (SSSR count). The Labute approximate surface area is 210 Å². The normalized spacial score (nSPS) is 15.9. The van der Waals surface area contributed by atoms with Crippen LogP contribution in [0.1, 0.15) is 30.4 Å². The van der Waals surface area contributed by atoms with Crippen molar-refractivity contribution in [1.29, 1.82) is 5.26 Å². The van der Waals surface area contributed by atoms with Gasteiger partial charge in [-0.15, -0.1) is 11.3 Å². The van der Waals surface area contributed by atoms with Crippen molar-refractivity contribution >= 4 is 38.1 Å². The molecule has 3 heterocycles. The van der Waals surface area contributed by atoms with Gasteiger partial charge in [0.2, 0.25) is 0 Å². The van der Waals surface area contributed by atoms with Crippen LogP contribution in [0.3, 0.4) is 0 Å². The van der Waals surface area contributed by atoms with E-state index in [1.54, 1.807) is 11.0 Å². The second kappa shape index (κ2) is 10.5. The number of piperazine rings is 1. The van der Waals surface area contributed by atoms with Crippen LogP contribution in [-0.4, -0.2) is 56.8 Å². The molecule has 2 aromatic carbocycles. The predicted octanol–water partition coefficient (Wildman–Crippen LogP) is 4.59. The van der Waals surface area contributed by atoms with Gasteiger partial charge in [0.15, 0.2) is 0 Å². The molecule has 0 saturated carbocycles. The lowest BCUT2D eigenvalue weighted by atomic mass is 10.0. The summed E-state index contributed by atoms with van der Waals surface area (Å²) in [7, 11) is 0. The van der Waals surface area contributed by atoms with Gasteiger partial charge in [-0.3, -0.25) is 9.80 Å². The number of primary amides is 1. The molecule has 0 radical (unpaired) electrons. The Morgan fingerprint density at radius 3 is 2.77 bits per heavy atom. The number of amides is 2. The number of fused-ring (bicyclic) bond motifs is 2. The molecule has 1 aromatic heterocycles. The summed E-state index contributed by atoms with van der Waals surface area (Å²) in [6.45, 7) is 6.60. The van der Waals surface area contributed by atoms with E-state index in [1.165, 1.54) is 22.6 Å². The van der Waals surface area contributed by atoms with Gasteiger partial charge in [-0.2, -0.15) is 5.26 Å². The molecule has 0 atom stereocenters. The third-order valence-electron chi connectivity index (χ3n) is 6.90. The number of aryl methyl sites for hydroxylation is 1. The predicted molar refractivity (Wildman–Crippen MR) is 142 cm³/mol. The molecule has 182 valence electrons. The molecule has 0 spiro atoms. The van der Waals surface area contributed by atoms with Crippen LogP contribution in [0.25, 0.3) is 10.1 Å². The number of hydrogen-bond donors (Lipinski definition) is 1. The molecular formula is C27H31N5O2S. The van der Waals surface area contributed by atoms with Crippen LogP contribution in [0.4, 0.5) is 15.5 Å². The standard InChI is InChI=1S/C27H31N5O2S/c28-19-20-5-8-25-22(16-20)18-26(35-25)32(27(29)33)10-2-1-9-30-11-13-31(14-12-30)23-6-7-24-21(17-23)4-3-15-34-24/h5-8,16-18H,1-4,9-15H2,(H2,29,33). The summed E-state index contributed by atoms with van der Waals surface area (Å²) in [5, 5.41) is 10.9. The first kappa shape index (κ1) is 23.5. The van der Waals surface area contributed by atoms with E-state index >= 15 is 0 Å². The summed E-state index contributed by atoms with van der Waals surface area (Å²) in [6.07, 6.45) is 4.12. The molecule has 2 aliphatic rings. The zero-order valence-electron chi connectivity index (χ0n) is 19.9. The van der Waals surface area contributed by atoms with Crippen molar-refractivity contribution in [2.45, 2.75) is 25.7 Å². The number of thiophene rings is 1. The van der Waals surface area contributed by atoms with Crippen LogP contribution < -0.4 is 20.3 Å². The zero-order valence-corrected chi connectivity index (χ0v) is 20.7. The number of ether oxygens (including phenoxy) is 1. The molecule has 2 aliphatic heterocycles. The maximum absolute atomic E-state index is 12.1. The van der Waals surface area contributed by atoms with E-state index in [1.807, 2.05) is 18.2 Å². The van der Waals surface area contributed by atoms with Gasteiger partial charge in [-0.1, -0.05) is 0 Å². The molecule has 1 saturated heterocycles. The second-order valence-electron chi connectivity index (χ2n) is 9.22. The van der Waals surface area contributed by atoms with Gasteiger partial charge in [-0.25, -0.2) is 4.79 Å². The summed E-state index contributed by atoms with van der Waals surface area (Å²) in [4.78, 5) is 18.8. The van der Waals surface area contributed by atoms with Crippen molar-refractivity contribution in [2.24, 2.45) is 5.73 Å². The minimum atomic E-state index is -0.430. The molecule has 2 N–H and O–H groups in total. The van der Waals surface area contributed by atoms with Crippen molar-refractivity contribution in [3.63, 3.8) is 0 Å². The molecule has 0 bridgehead atoms. The van der Waals surface area contributed by atoms with E-state index in [2.05, 4.69) is 34.1 Å². The Morgan fingerprint density at radius 2 is 1.97 bits per heavy atom. The summed E-state index contributed by atoms with van der Waals surface area (Å²) in [5.41, 5.74) is 8.96. The molecule has 0 aliphatic carbocycles. The summed E-state index contributed by atoms with van der Waals surface area (Å²) in [6, 6.07) is 15.9. The highest BCUT2D eigenvalue weighted by atomic mass is 32.1. The number of anilines is 2. The van der Waals surface area contributed by atoms with E-state index in [0.717, 1.165) is 85.9 Å². The number of carbonyl (C=O) groups is 1. The number of nitriles is 1. The number of urea groups is 1. The van der Waals surface area contributed by atoms with Crippen molar-refractivity contribution in [3.8, 4) is 11.8 Å². The number of hydrogen-bond acceptors (Lipinski definition) is 6. The quantitative estimate of drug-likeness (QED) is 0.491. The minimum absolute atomic E-state index is 0.430. The van der Waals surface area contributed by atoms with Crippen LogP contribution in [0, 0.1) is 11.3 Å². The van der Waals surface area contributed by atoms with Gasteiger partial charge in [0.25, 0.3) is 0 Å². The van der Waals surface area contributed by atoms with Gasteiger partial charge >= 0.3 is 6.03 Å². The lowest BCUT2D eigenvalue weighted by molar-refractivity contribution is 0.249. The van der Waals surface area contributed by atoms with Crippen LogP contribution in [0.15, 0.2) is 42.5 Å². The van der Waals surface area contributed by atoms with E-state index in [4.69, 9.17) is 15.7 Å². The maximum Gasteiger partial charge on any atom is 0.319 e. The Balaban J connectivity index is 1.10. The third kappa shape index (κ3) is 5.37. The number of nitrogens with zero attached hydrogens (tertiary/aromatic N) is 4. The maximum atomic E-state index is 12.1. The molecule has 1 fully saturated rings. The molecule has 3 aromatic rings. The van der Waals surface area contributed by atoms with Crippen molar-refractivity contribution in [1.82, 2.24) is 4.90 Å². The monoisotopic (exact) mass is 489 g/mol. The fourth-order valence-electron chi connectivity index (χ4n) is 4.94. The molecule has 35 heavy (non-hydrogen) atoms. The average Bonchev–Trinajstić information content (AvgIpc) is 3.31. The largest absolute Gasteiger partial charge is 0.493 e. The summed E-state index contributed by atoms with van der Waals surface area (Å²) < 4.78 is 6.80. The Morgan fingerprint density at radius 1 is 1.11 bits per heavy atom. The Hall–Kier alpha value is -3.28. The molecule has 7 nitrogen and oxygen atoms in total. The first-order valence-corrected chi connectivity index (χ1v) is 13.2. The number of unbranched alkanes of at least 4 members (excludes halogenated alkanes) is 1. The summed E-state index contributed by atoms with van der Waals surface area (Å²) in [5.74, 6) is 1.05. The second-order valence-corrected chi connectivity index (χ2v) is 10.3. The van der Waals surface area contributed by atoms with Crippen molar-refractivity contribution in [3.05, 3.63) is 53.6 Å². The van der Waals surface area contributed by atoms with Crippen molar-refractivity contribution < 1.29 is 9.53 Å². The summed E-state index contributed by atoms with van der Waals surface area (Å²) >= 11 is 1.54. The van der Waals surface area contributed by atoms with Gasteiger partial charge in [0, 0.05) is 43.1 Å². The van der Waals surface area contributed by atoms with E-state index < -0.39 is 6.03 Å². The smallest absolute Gasteiger partial charge is 0.319 e. The van der Waals surface area contributed by atoms with Crippen LogP contribution in [0.5, 0.6) is 5.75 Å². The molecule has 0 unspecified atom stereocenters. The number of nitrogens with two attached hydrogens (primary N) is 1. The molecular weight excluding hydrogens is 458 g/mol. The van der Waals surface area contributed by atoms with Crippen LogP contribution in [0.2, 0.25) is 0 Å². The lowest BCUT2D eigenvalue weighted by Crippen LogP contribution is -2.46. The van der Waals surface area contributed by atoms with Gasteiger partial charge in [0.05, 0.1) is 18.2 Å². The Kier molecular flexibility index (Phi) is 7.07. The van der Waals surface area contributed by atoms with E-state index in [-0.39, 0.29) is 0 Å². The van der Waals surface area contributed by atoms with E-state index in [0.29, 0.717) is 12.1 Å². The lowest BCUT2D eigenvalue weighted by Gasteiger charge is -2.36. The SMILES string of the molecule is N#Cc1ccc2sc(N(CCCCN3CCN(c4ccc5c(c4)CCCO5)CC3)C(N)=O)cc2c1. The minimum Gasteiger partial charge on any atom is -0.493 e. The van der Waals surface area contributed by atoms with Crippen LogP contribution in [-0.2, 0) is 6.42 Å². The average molecular weight is 490 g/mol. The van der Waals surface area contributed by atoms with E-state index in [9.17, 15) is 4.79 Å². The zero-order chi connectivity index (χ0) is 24.2. The highest BCUT2D eigenvalue weighted by Gasteiger charge is 2.20. The first-order valence-electron chi connectivity index (χ1n) is 12.3. The van der Waals surface area contributed by atoms with Crippen LogP contribution >= 0.6 is 11.3 Å². The highest BCUT2D eigenvalue weighted by Crippen LogP contribution is 2.33.